The van der Waals surface area contributed by atoms with Gasteiger partial charge in [0.25, 0.3) is 5.89 Å². The summed E-state index contributed by atoms with van der Waals surface area (Å²) in [6, 6.07) is 12.5. The van der Waals surface area contributed by atoms with E-state index in [9.17, 15) is 5.11 Å². The van der Waals surface area contributed by atoms with Crippen LogP contribution in [0, 0.1) is 0 Å². The van der Waals surface area contributed by atoms with Crippen molar-refractivity contribution in [3.05, 3.63) is 46.9 Å². The van der Waals surface area contributed by atoms with Crippen molar-refractivity contribution in [2.75, 3.05) is 7.11 Å². The lowest BCUT2D eigenvalue weighted by Gasteiger charge is -2.02. The molecule has 2 aromatic carbocycles. The lowest BCUT2D eigenvalue weighted by atomic mass is 10.2. The van der Waals surface area contributed by atoms with Crippen LogP contribution in [0.25, 0.3) is 22.8 Å². The van der Waals surface area contributed by atoms with Crippen molar-refractivity contribution in [1.82, 2.24) is 10.1 Å². The van der Waals surface area contributed by atoms with E-state index in [-0.39, 0.29) is 11.6 Å². The van der Waals surface area contributed by atoms with Gasteiger partial charge in [0.15, 0.2) is 0 Å². The highest BCUT2D eigenvalue weighted by atomic mass is 79.9. The summed E-state index contributed by atoms with van der Waals surface area (Å²) < 4.78 is 11.2. The maximum atomic E-state index is 9.98. The fourth-order valence-electron chi connectivity index (χ4n) is 1.90. The van der Waals surface area contributed by atoms with E-state index in [0.29, 0.717) is 17.1 Å². The van der Waals surface area contributed by atoms with Crippen molar-refractivity contribution in [1.29, 1.82) is 0 Å². The topological polar surface area (TPSA) is 68.4 Å². The van der Waals surface area contributed by atoms with Gasteiger partial charge in [-0.3, -0.25) is 0 Å². The first kappa shape index (κ1) is 13.6. The van der Waals surface area contributed by atoms with Crippen LogP contribution < -0.4 is 4.74 Å². The van der Waals surface area contributed by atoms with Crippen molar-refractivity contribution in [3.63, 3.8) is 0 Å². The van der Waals surface area contributed by atoms with Crippen LogP contribution >= 0.6 is 15.9 Å². The summed E-state index contributed by atoms with van der Waals surface area (Å²) in [7, 11) is 1.53. The number of ether oxygens (including phenoxy) is 1. The molecule has 0 aliphatic carbocycles. The first-order valence-electron chi connectivity index (χ1n) is 6.14. The summed E-state index contributed by atoms with van der Waals surface area (Å²) in [5.41, 5.74) is 1.29. The normalized spacial score (nSPS) is 10.6. The Bertz CT molecular complexity index is 786. The summed E-state index contributed by atoms with van der Waals surface area (Å²) in [6.07, 6.45) is 0. The summed E-state index contributed by atoms with van der Waals surface area (Å²) in [6.45, 7) is 0. The largest absolute Gasteiger partial charge is 0.507 e. The van der Waals surface area contributed by atoms with Gasteiger partial charge in [-0.2, -0.15) is 4.98 Å². The van der Waals surface area contributed by atoms with Crippen molar-refractivity contribution >= 4 is 15.9 Å². The molecule has 6 heteroatoms. The number of hydrogen-bond acceptors (Lipinski definition) is 5. The Morgan fingerprint density at radius 3 is 2.76 bits per heavy atom. The van der Waals surface area contributed by atoms with Crippen LogP contribution in [0.15, 0.2) is 51.5 Å². The predicted molar refractivity (Wildman–Crippen MR) is 81.1 cm³/mol. The molecule has 1 heterocycles. The number of halogens is 1. The standard InChI is InChI=1S/C15H11BrN2O3/c1-20-11-5-6-12(13(19)8-11)15-17-14(18-21-15)9-3-2-4-10(16)7-9/h2-8,19H,1H3. The highest BCUT2D eigenvalue weighted by Gasteiger charge is 2.14. The van der Waals surface area contributed by atoms with Crippen molar-refractivity contribution in [2.45, 2.75) is 0 Å². The van der Waals surface area contributed by atoms with Crippen molar-refractivity contribution in [3.8, 4) is 34.3 Å². The van der Waals surface area contributed by atoms with Gasteiger partial charge >= 0.3 is 0 Å². The van der Waals surface area contributed by atoms with Gasteiger partial charge in [-0.15, -0.1) is 0 Å². The van der Waals surface area contributed by atoms with E-state index in [2.05, 4.69) is 26.1 Å². The quantitative estimate of drug-likeness (QED) is 0.779. The molecule has 0 aliphatic heterocycles. The first-order chi connectivity index (χ1) is 10.2. The minimum Gasteiger partial charge on any atom is -0.507 e. The Balaban J connectivity index is 1.98. The number of rotatable bonds is 3. The van der Waals surface area contributed by atoms with E-state index in [1.807, 2.05) is 24.3 Å². The maximum absolute atomic E-state index is 9.98. The summed E-state index contributed by atoms with van der Waals surface area (Å²) >= 11 is 3.40. The van der Waals surface area contributed by atoms with Crippen LogP contribution in [-0.2, 0) is 0 Å². The van der Waals surface area contributed by atoms with E-state index in [4.69, 9.17) is 9.26 Å². The molecule has 5 nitrogen and oxygen atoms in total. The molecule has 3 rings (SSSR count). The number of hydrogen-bond donors (Lipinski definition) is 1. The molecule has 0 unspecified atom stereocenters. The molecule has 106 valence electrons. The van der Waals surface area contributed by atoms with E-state index in [1.54, 1.807) is 12.1 Å². The van der Waals surface area contributed by atoms with Gasteiger partial charge in [0.1, 0.15) is 11.5 Å². The van der Waals surface area contributed by atoms with Crippen molar-refractivity contribution < 1.29 is 14.4 Å². The Kier molecular flexibility index (Phi) is 3.62. The average molecular weight is 347 g/mol. The molecule has 0 fully saturated rings. The molecule has 0 saturated heterocycles. The second kappa shape index (κ2) is 5.57. The zero-order valence-corrected chi connectivity index (χ0v) is 12.7. The Morgan fingerprint density at radius 2 is 2.05 bits per heavy atom. The predicted octanol–water partition coefficient (Wildman–Crippen LogP) is 3.88. The van der Waals surface area contributed by atoms with Gasteiger partial charge in [-0.05, 0) is 24.3 Å². The van der Waals surface area contributed by atoms with E-state index < -0.39 is 0 Å². The van der Waals surface area contributed by atoms with Gasteiger partial charge in [0, 0.05) is 16.1 Å². The first-order valence-corrected chi connectivity index (χ1v) is 6.93. The Labute approximate surface area is 129 Å². The number of aromatic hydroxyl groups is 1. The number of phenols is 1. The molecule has 0 bridgehead atoms. The van der Waals surface area contributed by atoms with Crippen LogP contribution in [0.1, 0.15) is 0 Å². The average Bonchev–Trinajstić information content (AvgIpc) is 2.96. The molecule has 1 aromatic heterocycles. The monoisotopic (exact) mass is 346 g/mol. The molecule has 0 aliphatic rings. The molecule has 3 aromatic rings. The van der Waals surface area contributed by atoms with Crippen molar-refractivity contribution in [2.24, 2.45) is 0 Å². The zero-order valence-electron chi connectivity index (χ0n) is 11.1. The highest BCUT2D eigenvalue weighted by Crippen LogP contribution is 2.32. The third-order valence-electron chi connectivity index (χ3n) is 2.94. The minimum absolute atomic E-state index is 0.0267. The number of methoxy groups -OCH3 is 1. The minimum atomic E-state index is 0.0267. The third-order valence-corrected chi connectivity index (χ3v) is 3.44. The van der Waals surface area contributed by atoms with Crippen LogP contribution in [0.5, 0.6) is 11.5 Å². The highest BCUT2D eigenvalue weighted by molar-refractivity contribution is 9.10. The molecule has 0 spiro atoms. The van der Waals surface area contributed by atoms with E-state index in [1.165, 1.54) is 13.2 Å². The van der Waals surface area contributed by atoms with Crippen LogP contribution in [0.4, 0.5) is 0 Å². The summed E-state index contributed by atoms with van der Waals surface area (Å²) in [5.74, 6) is 1.30. The van der Waals surface area contributed by atoms with Gasteiger partial charge < -0.3 is 14.4 Å². The Morgan fingerprint density at radius 1 is 1.19 bits per heavy atom. The SMILES string of the molecule is COc1ccc(-c2nc(-c3cccc(Br)c3)no2)c(O)c1. The summed E-state index contributed by atoms with van der Waals surface area (Å²) in [4.78, 5) is 4.31. The maximum Gasteiger partial charge on any atom is 0.262 e. The second-order valence-electron chi connectivity index (χ2n) is 4.32. The van der Waals surface area contributed by atoms with E-state index >= 15 is 0 Å². The molecule has 1 N–H and O–H groups in total. The van der Waals surface area contributed by atoms with Crippen LogP contribution in [-0.4, -0.2) is 22.4 Å². The number of phenolic OH excluding ortho intramolecular Hbond substituents is 1. The van der Waals surface area contributed by atoms with Gasteiger partial charge in [-0.1, -0.05) is 33.2 Å². The molecule has 0 radical (unpaired) electrons. The number of benzene rings is 2. The van der Waals surface area contributed by atoms with Gasteiger partial charge in [0.05, 0.1) is 12.7 Å². The zero-order chi connectivity index (χ0) is 14.8. The number of nitrogens with zero attached hydrogens (tertiary/aromatic N) is 2. The lowest BCUT2D eigenvalue weighted by Crippen LogP contribution is -1.85. The van der Waals surface area contributed by atoms with Crippen LogP contribution in [0.2, 0.25) is 0 Å². The Hall–Kier alpha value is -2.34. The second-order valence-corrected chi connectivity index (χ2v) is 5.23. The van der Waals surface area contributed by atoms with Gasteiger partial charge in [0.2, 0.25) is 5.82 Å². The molecule has 0 saturated carbocycles. The molecular weight excluding hydrogens is 336 g/mol. The smallest absolute Gasteiger partial charge is 0.262 e. The fraction of sp³-hybridized carbons (Fsp3) is 0.0667. The molecular formula is C15H11BrN2O3. The molecule has 21 heavy (non-hydrogen) atoms. The van der Waals surface area contributed by atoms with Crippen LogP contribution in [0.3, 0.4) is 0 Å². The van der Waals surface area contributed by atoms with Gasteiger partial charge in [-0.25, -0.2) is 0 Å². The lowest BCUT2D eigenvalue weighted by molar-refractivity contribution is 0.405. The molecule has 0 atom stereocenters. The summed E-state index contributed by atoms with van der Waals surface area (Å²) in [5, 5.41) is 13.9. The third kappa shape index (κ3) is 2.75. The number of aromatic nitrogens is 2. The fourth-order valence-corrected chi connectivity index (χ4v) is 2.30. The van der Waals surface area contributed by atoms with E-state index in [0.717, 1.165) is 10.0 Å². The molecule has 0 amide bonds.